The first-order chi connectivity index (χ1) is 9.17. The minimum absolute atomic E-state index is 0.604. The summed E-state index contributed by atoms with van der Waals surface area (Å²) >= 11 is 0. The number of hydrogen-bond donors (Lipinski definition) is 1. The van der Waals surface area contributed by atoms with Crippen molar-refractivity contribution in [2.75, 3.05) is 13.7 Å². The number of nitrogens with one attached hydrogen (secondary N) is 1. The van der Waals surface area contributed by atoms with E-state index in [2.05, 4.69) is 25.2 Å². The fraction of sp³-hybridized carbons (Fsp3) is 0.500. The van der Waals surface area contributed by atoms with Gasteiger partial charge in [-0.2, -0.15) is 0 Å². The lowest BCUT2D eigenvalue weighted by Crippen LogP contribution is -2.07. The largest absolute Gasteiger partial charge is 0.490 e. The molecule has 0 fully saturated rings. The zero-order valence-electron chi connectivity index (χ0n) is 12.2. The van der Waals surface area contributed by atoms with Crippen LogP contribution < -0.4 is 10.1 Å². The van der Waals surface area contributed by atoms with Crippen LogP contribution in [0.3, 0.4) is 0 Å². The van der Waals surface area contributed by atoms with Crippen LogP contribution >= 0.6 is 0 Å². The number of hydrogen-bond acceptors (Lipinski definition) is 3. The summed E-state index contributed by atoms with van der Waals surface area (Å²) in [7, 11) is 1.94. The first-order valence-corrected chi connectivity index (χ1v) is 6.98. The predicted molar refractivity (Wildman–Crippen MR) is 78.7 cm³/mol. The van der Waals surface area contributed by atoms with E-state index >= 15 is 0 Å². The quantitative estimate of drug-likeness (QED) is 0.860. The molecule has 0 aliphatic carbocycles. The molecule has 2 aromatic rings. The maximum Gasteiger partial charge on any atom is 0.176 e. The molecule has 0 bridgehead atoms. The third kappa shape index (κ3) is 2.92. The molecule has 1 aromatic carbocycles. The number of fused-ring (bicyclic) bond motifs is 1. The zero-order chi connectivity index (χ0) is 13.8. The first-order valence-electron chi connectivity index (χ1n) is 6.98. The minimum Gasteiger partial charge on any atom is -0.490 e. The summed E-state index contributed by atoms with van der Waals surface area (Å²) in [6, 6.07) is 6.13. The molecule has 1 aromatic heterocycles. The van der Waals surface area contributed by atoms with E-state index in [0.29, 0.717) is 12.5 Å². The van der Waals surface area contributed by atoms with Crippen LogP contribution in [0.4, 0.5) is 0 Å². The molecular weight excluding hydrogens is 238 g/mol. The van der Waals surface area contributed by atoms with E-state index in [9.17, 15) is 0 Å². The monoisotopic (exact) mass is 261 g/mol. The summed E-state index contributed by atoms with van der Waals surface area (Å²) in [5.41, 5.74) is 2.19. The van der Waals surface area contributed by atoms with E-state index in [1.165, 1.54) is 10.9 Å². The van der Waals surface area contributed by atoms with E-state index < -0.39 is 0 Å². The first kappa shape index (κ1) is 13.9. The second-order valence-corrected chi connectivity index (χ2v) is 5.20. The Morgan fingerprint density at radius 2 is 2.11 bits per heavy atom. The summed E-state index contributed by atoms with van der Waals surface area (Å²) in [5, 5.41) is 4.36. The molecule has 0 aliphatic rings. The van der Waals surface area contributed by atoms with Crippen molar-refractivity contribution in [1.82, 2.24) is 5.32 Å². The van der Waals surface area contributed by atoms with Gasteiger partial charge in [0.1, 0.15) is 5.76 Å². The maximum absolute atomic E-state index is 6.04. The van der Waals surface area contributed by atoms with Crippen LogP contribution in [0.1, 0.15) is 32.1 Å². The van der Waals surface area contributed by atoms with Crippen LogP contribution in [0.2, 0.25) is 0 Å². The topological polar surface area (TPSA) is 34.4 Å². The number of ether oxygens (including phenoxy) is 1. The third-order valence-corrected chi connectivity index (χ3v) is 3.12. The van der Waals surface area contributed by atoms with Crippen molar-refractivity contribution in [1.29, 1.82) is 0 Å². The van der Waals surface area contributed by atoms with E-state index in [4.69, 9.17) is 9.15 Å². The van der Waals surface area contributed by atoms with Gasteiger partial charge in [0.2, 0.25) is 0 Å². The van der Waals surface area contributed by atoms with E-state index in [1.54, 1.807) is 0 Å². The van der Waals surface area contributed by atoms with E-state index in [1.807, 2.05) is 26.1 Å². The van der Waals surface area contributed by atoms with Gasteiger partial charge in [0.25, 0.3) is 0 Å². The zero-order valence-corrected chi connectivity index (χ0v) is 12.2. The van der Waals surface area contributed by atoms with Crippen molar-refractivity contribution in [3.63, 3.8) is 0 Å². The highest BCUT2D eigenvalue weighted by atomic mass is 16.5. The fourth-order valence-corrected chi connectivity index (χ4v) is 2.40. The Hall–Kier alpha value is -1.48. The number of rotatable bonds is 6. The second kappa shape index (κ2) is 6.11. The summed E-state index contributed by atoms with van der Waals surface area (Å²) < 4.78 is 11.7. The highest BCUT2D eigenvalue weighted by molar-refractivity contribution is 5.87. The average molecular weight is 261 g/mol. The van der Waals surface area contributed by atoms with Crippen molar-refractivity contribution < 1.29 is 9.15 Å². The SMILES string of the molecule is CCOc1cccc2c(CC(C)C)c(CNC)oc12. The van der Waals surface area contributed by atoms with Gasteiger partial charge in [-0.15, -0.1) is 0 Å². The molecule has 1 N–H and O–H groups in total. The van der Waals surface area contributed by atoms with Gasteiger partial charge in [0.05, 0.1) is 13.2 Å². The molecule has 0 saturated carbocycles. The molecule has 3 nitrogen and oxygen atoms in total. The highest BCUT2D eigenvalue weighted by Crippen LogP contribution is 2.34. The van der Waals surface area contributed by atoms with E-state index in [0.717, 1.165) is 30.1 Å². The molecule has 1 heterocycles. The Balaban J connectivity index is 2.55. The van der Waals surface area contributed by atoms with Crippen LogP contribution in [-0.4, -0.2) is 13.7 Å². The number of para-hydroxylation sites is 1. The van der Waals surface area contributed by atoms with Crippen LogP contribution in [0.15, 0.2) is 22.6 Å². The Bertz CT molecular complexity index is 543. The molecule has 0 radical (unpaired) electrons. The molecule has 104 valence electrons. The maximum atomic E-state index is 6.04. The molecular formula is C16H23NO2. The van der Waals surface area contributed by atoms with Gasteiger partial charge in [-0.3, -0.25) is 0 Å². The lowest BCUT2D eigenvalue weighted by molar-refractivity contribution is 0.337. The lowest BCUT2D eigenvalue weighted by Gasteiger charge is -2.06. The molecule has 0 atom stereocenters. The van der Waals surface area contributed by atoms with E-state index in [-0.39, 0.29) is 0 Å². The standard InChI is InChI=1S/C16H23NO2/c1-5-18-14-8-6-7-12-13(9-11(2)3)15(10-17-4)19-16(12)14/h6-8,11,17H,5,9-10H2,1-4H3. The molecule has 0 amide bonds. The van der Waals surface area contributed by atoms with Crippen molar-refractivity contribution >= 4 is 11.0 Å². The Labute approximate surface area is 114 Å². The smallest absolute Gasteiger partial charge is 0.176 e. The van der Waals surface area contributed by atoms with Gasteiger partial charge in [0.15, 0.2) is 11.3 Å². The lowest BCUT2D eigenvalue weighted by atomic mass is 9.99. The van der Waals surface area contributed by atoms with Gasteiger partial charge >= 0.3 is 0 Å². The highest BCUT2D eigenvalue weighted by Gasteiger charge is 2.17. The van der Waals surface area contributed by atoms with Crippen molar-refractivity contribution in [2.45, 2.75) is 33.7 Å². The van der Waals surface area contributed by atoms with Crippen LogP contribution in [0, 0.1) is 5.92 Å². The molecule has 19 heavy (non-hydrogen) atoms. The normalized spacial score (nSPS) is 11.4. The summed E-state index contributed by atoms with van der Waals surface area (Å²) in [4.78, 5) is 0. The summed E-state index contributed by atoms with van der Waals surface area (Å²) in [6.07, 6.45) is 1.03. The van der Waals surface area contributed by atoms with Gasteiger partial charge in [0, 0.05) is 10.9 Å². The Morgan fingerprint density at radius 1 is 1.32 bits per heavy atom. The fourth-order valence-electron chi connectivity index (χ4n) is 2.40. The van der Waals surface area contributed by atoms with Crippen molar-refractivity contribution in [3.05, 3.63) is 29.5 Å². The van der Waals surface area contributed by atoms with Gasteiger partial charge in [-0.1, -0.05) is 26.0 Å². The molecule has 3 heteroatoms. The van der Waals surface area contributed by atoms with Crippen molar-refractivity contribution in [2.24, 2.45) is 5.92 Å². The van der Waals surface area contributed by atoms with Crippen LogP contribution in [0.25, 0.3) is 11.0 Å². The van der Waals surface area contributed by atoms with Gasteiger partial charge in [-0.25, -0.2) is 0 Å². The Kier molecular flexibility index (Phi) is 4.48. The van der Waals surface area contributed by atoms with Crippen LogP contribution in [-0.2, 0) is 13.0 Å². The molecule has 0 aliphatic heterocycles. The summed E-state index contributed by atoms with van der Waals surface area (Å²) in [5.74, 6) is 2.47. The number of furan rings is 1. The summed E-state index contributed by atoms with van der Waals surface area (Å²) in [6.45, 7) is 7.86. The molecule has 0 spiro atoms. The third-order valence-electron chi connectivity index (χ3n) is 3.12. The molecule has 2 rings (SSSR count). The Morgan fingerprint density at radius 3 is 2.74 bits per heavy atom. The van der Waals surface area contributed by atoms with Crippen LogP contribution in [0.5, 0.6) is 5.75 Å². The number of benzene rings is 1. The second-order valence-electron chi connectivity index (χ2n) is 5.20. The average Bonchev–Trinajstić information content (AvgIpc) is 2.69. The predicted octanol–water partition coefficient (Wildman–Crippen LogP) is 3.75. The molecule has 0 saturated heterocycles. The minimum atomic E-state index is 0.604. The van der Waals surface area contributed by atoms with Gasteiger partial charge in [-0.05, 0) is 32.4 Å². The van der Waals surface area contributed by atoms with Gasteiger partial charge < -0.3 is 14.5 Å². The van der Waals surface area contributed by atoms with Crippen molar-refractivity contribution in [3.8, 4) is 5.75 Å². The molecule has 0 unspecified atom stereocenters.